The van der Waals surface area contributed by atoms with Crippen LogP contribution < -0.4 is 0 Å². The Bertz CT molecular complexity index is 11400. The number of hydrogen-bond donors (Lipinski definition) is 0. The molecule has 0 aliphatic carbocycles. The van der Waals surface area contributed by atoms with Gasteiger partial charge in [-0.25, -0.2) is 0 Å². The highest BCUT2D eigenvalue weighted by atomic mass is 16.3. The highest BCUT2D eigenvalue weighted by Crippen LogP contribution is 2.53. The zero-order valence-corrected chi connectivity index (χ0v) is 72.7. The quantitative estimate of drug-likeness (QED) is 0.107. The Morgan fingerprint density at radius 3 is 0.752 bits per heavy atom. The van der Waals surface area contributed by atoms with Gasteiger partial charge in [0.2, 0.25) is 0 Å². The summed E-state index contributed by atoms with van der Waals surface area (Å²) in [5.74, 6) is 0. The molecule has 0 aliphatic heterocycles. The van der Waals surface area contributed by atoms with Gasteiger partial charge in [0.25, 0.3) is 0 Å². The molecule has 0 fully saturated rings. The Labute approximate surface area is 823 Å². The third-order valence-corrected chi connectivity index (χ3v) is 26.8. The van der Waals surface area contributed by atoms with E-state index in [0.717, 1.165) is 103 Å². The molecule has 3 heteroatoms. The Morgan fingerprint density at radius 1 is 0.131 bits per heavy atom. The summed E-state index contributed by atoms with van der Waals surface area (Å²) < 4.78 is 237. The molecule has 0 spiro atoms. The van der Waals surface area contributed by atoms with Crippen LogP contribution in [0.2, 0.25) is 0 Å². The lowest BCUT2D eigenvalue weighted by Gasteiger charge is -2.18. The molecule has 0 bridgehead atoms. The zero-order chi connectivity index (χ0) is 111. The van der Waals surface area contributed by atoms with E-state index in [1.165, 1.54) is 0 Å². The Hall–Kier alpha value is -18.0. The van der Waals surface area contributed by atoms with Gasteiger partial charge >= 0.3 is 0 Å². The van der Waals surface area contributed by atoms with Crippen LogP contribution in [-0.2, 0) is 0 Å². The third kappa shape index (κ3) is 13.2. The highest BCUT2D eigenvalue weighted by molar-refractivity contribution is 6.30. The molecule has 0 aliphatic rings. The smallest absolute Gasteiger partial charge is 0.136 e. The molecule has 3 heterocycles. The lowest BCUT2D eigenvalue weighted by molar-refractivity contribution is 0.668. The largest absolute Gasteiger partial charge is 0.456 e. The summed E-state index contributed by atoms with van der Waals surface area (Å²) >= 11 is 0. The van der Waals surface area contributed by atoms with Crippen molar-refractivity contribution in [3.63, 3.8) is 0 Å². The summed E-state index contributed by atoms with van der Waals surface area (Å²) in [4.78, 5) is 0. The number of furan rings is 3. The van der Waals surface area contributed by atoms with Crippen molar-refractivity contribution in [2.24, 2.45) is 0 Å². The summed E-state index contributed by atoms with van der Waals surface area (Å²) in [6.45, 7) is 0. The number of fused-ring (bicyclic) bond motifs is 22. The van der Waals surface area contributed by atoms with Crippen LogP contribution in [0, 0.1) is 0 Å². The van der Waals surface area contributed by atoms with Gasteiger partial charge in [-0.3, -0.25) is 0 Å². The monoisotopic (exact) mass is 1760 g/mol. The van der Waals surface area contributed by atoms with Crippen molar-refractivity contribution in [3.05, 3.63) is 497 Å². The van der Waals surface area contributed by atoms with Crippen molar-refractivity contribution in [2.45, 2.75) is 0 Å². The van der Waals surface area contributed by atoms with E-state index in [4.69, 9.17) is 29.7 Å². The maximum Gasteiger partial charge on any atom is 0.136 e. The molecule has 0 amide bonds. The summed E-state index contributed by atoms with van der Waals surface area (Å²) in [7, 11) is 0. The second-order valence-electron chi connectivity index (χ2n) is 34.3. The van der Waals surface area contributed by atoms with Crippen LogP contribution in [-0.4, -0.2) is 0 Å². The van der Waals surface area contributed by atoms with E-state index in [1.54, 1.807) is 18.2 Å². The van der Waals surface area contributed by atoms with Gasteiger partial charge in [0.05, 0.1) is 32.9 Å². The average molecular weight is 1760 g/mol. The fourth-order valence-corrected chi connectivity index (χ4v) is 20.8. The van der Waals surface area contributed by atoms with Crippen LogP contribution in [0.25, 0.3) is 284 Å². The second-order valence-corrected chi connectivity index (χ2v) is 34.3. The Balaban J connectivity index is 0.000000116. The molecule has 0 unspecified atom stereocenters. The van der Waals surface area contributed by atoms with E-state index in [0.29, 0.717) is 116 Å². The second kappa shape index (κ2) is 32.5. The molecule has 137 heavy (non-hydrogen) atoms. The van der Waals surface area contributed by atoms with Crippen molar-refractivity contribution in [1.29, 1.82) is 0 Å². The minimum absolute atomic E-state index is 0.166. The molecule has 0 N–H and O–H groups in total. The summed E-state index contributed by atoms with van der Waals surface area (Å²) in [6.07, 6.45) is 0. The van der Waals surface area contributed by atoms with Gasteiger partial charge in [0.1, 0.15) is 33.5 Å². The van der Waals surface area contributed by atoms with Crippen LogP contribution in [0.1, 0.15) is 32.9 Å². The molecule has 29 aromatic rings. The summed E-state index contributed by atoms with van der Waals surface area (Å²) in [5.41, 5.74) is 14.4. The van der Waals surface area contributed by atoms with Gasteiger partial charge in [-0.1, -0.05) is 424 Å². The van der Waals surface area contributed by atoms with Crippen molar-refractivity contribution in [1.82, 2.24) is 0 Å². The van der Waals surface area contributed by atoms with Crippen molar-refractivity contribution in [2.75, 3.05) is 0 Å². The predicted molar refractivity (Wildman–Crippen MR) is 583 cm³/mol. The molecule has 29 rings (SSSR count). The van der Waals surface area contributed by atoms with Crippen molar-refractivity contribution >= 4 is 184 Å². The van der Waals surface area contributed by atoms with Crippen LogP contribution in [0.3, 0.4) is 0 Å². The number of rotatable bonds is 9. The standard InChI is InChI=1S/2C46H28O.C42H26O/c1-2-14-34-29(11-1)23-24-32-27-31(25-26-35(32)34)30-12-9-13-33(28-30)44-36-15-3-5-17-38(36)45(39-18-6-4-16-37(39)44)41-20-10-22-43-46(41)40-19-7-8-21-42(40)47-43;1-2-11-29(12-3-1)30-23-25-34-31(27-30)21-22-32-28-33(24-26-35(32)34)44-36-13-4-6-15-38(36)45(39-16-7-5-14-37(39)44)41-18-10-20-43-46(41)40-17-8-9-19-42(40)47-43;1-2-12-28-25-30(24-23-27(28)11-1)29-13-9-14-31(26-29)40-32-15-3-5-17-34(32)41(35-18-6-4-16-33(35)40)37-20-10-22-39-42(37)36-19-7-8-21-38(36)43-39/h2*1-28H;1-26H/i3D,4D,5D,6D,15D,16D,17D,18D;4D,5D,6D,7D,13D,14D,15D,16D;3D,4D,5D,6D,15D,16D,17D,18D. The molecule has 3 aromatic heterocycles. The van der Waals surface area contributed by atoms with Gasteiger partial charge in [0.15, 0.2) is 0 Å². The normalized spacial score (nSPS) is 14.2. The molecular formula is C134H82O3. The fraction of sp³-hybridized carbons (Fsp3) is 0. The number of hydrogen-bond acceptors (Lipinski definition) is 3. The van der Waals surface area contributed by atoms with E-state index in [9.17, 15) is 16.4 Å². The minimum Gasteiger partial charge on any atom is -0.456 e. The lowest BCUT2D eigenvalue weighted by Crippen LogP contribution is -1.91. The molecule has 3 nitrogen and oxygen atoms in total. The van der Waals surface area contributed by atoms with Gasteiger partial charge in [0, 0.05) is 32.3 Å². The number of para-hydroxylation sites is 3. The molecule has 26 aromatic carbocycles. The molecule has 0 saturated heterocycles. The highest BCUT2D eigenvalue weighted by Gasteiger charge is 2.26. The fourth-order valence-electron chi connectivity index (χ4n) is 20.8. The maximum absolute atomic E-state index is 9.41. The van der Waals surface area contributed by atoms with E-state index < -0.39 is 72.5 Å². The topological polar surface area (TPSA) is 39.4 Å². The first-order valence-electron chi connectivity index (χ1n) is 57.2. The first-order chi connectivity index (χ1) is 77.9. The van der Waals surface area contributed by atoms with Crippen LogP contribution in [0.15, 0.2) is 510 Å². The predicted octanol–water partition coefficient (Wildman–Crippen LogP) is 38.4. The van der Waals surface area contributed by atoms with Crippen LogP contribution in [0.4, 0.5) is 0 Å². The van der Waals surface area contributed by atoms with Gasteiger partial charge < -0.3 is 13.3 Å². The first-order valence-corrected chi connectivity index (χ1v) is 45.2. The zero-order valence-electron chi connectivity index (χ0n) is 96.7. The Morgan fingerprint density at radius 2 is 0.365 bits per heavy atom. The maximum atomic E-state index is 9.41. The van der Waals surface area contributed by atoms with Crippen molar-refractivity contribution < 1.29 is 46.1 Å². The molecule has 0 radical (unpaired) electrons. The Kier molecular flexibility index (Phi) is 13.7. The van der Waals surface area contributed by atoms with E-state index in [1.807, 2.05) is 249 Å². The SMILES string of the molecule is [2H]c1c([2H])c([2H])c2c(-c3cccc4oc5ccccc5c34)c3c([2H])c([2H])c([2H])c([2H])c3c(-c3ccc4c(ccc5cc(-c6ccccc6)ccc54)c3)c2c1[2H].[2H]c1c([2H])c([2H])c2c(-c3cccc4oc5ccccc5c34)c3c([2H])c([2H])c([2H])c([2H])c3c(-c3cccc(-c4ccc5c(ccc6ccccc65)c4)c3)c2c1[2H].[2H]c1c([2H])c([2H])c2c(-c3cccc4oc5ccccc5c34)c3c([2H])c([2H])c([2H])c([2H])c3c(-c3cccc(-c4ccc5ccccc5c4)c3)c2c1[2H]. The minimum atomic E-state index is -0.438. The average Bonchev–Trinajstić information content (AvgIpc) is 1.50. The van der Waals surface area contributed by atoms with Gasteiger partial charge in [-0.2, -0.15) is 0 Å². The molecule has 0 saturated carbocycles. The van der Waals surface area contributed by atoms with Gasteiger partial charge in [-0.05, 0) is 291 Å². The summed E-state index contributed by atoms with van der Waals surface area (Å²) in [6, 6.07) is 105. The molecule has 636 valence electrons. The van der Waals surface area contributed by atoms with Gasteiger partial charge in [-0.15, -0.1) is 0 Å². The summed E-state index contributed by atoms with van der Waals surface area (Å²) in [5, 5.41) is 17.0. The van der Waals surface area contributed by atoms with Crippen LogP contribution in [0.5, 0.6) is 0 Å². The first kappa shape index (κ1) is 58.0. The lowest BCUT2D eigenvalue weighted by atomic mass is 9.84. The molecule has 0 atom stereocenters. The van der Waals surface area contributed by atoms with Crippen molar-refractivity contribution in [3.8, 4) is 100 Å². The van der Waals surface area contributed by atoms with E-state index in [2.05, 4.69) is 84.9 Å². The van der Waals surface area contributed by atoms with E-state index in [-0.39, 0.29) is 137 Å². The van der Waals surface area contributed by atoms with E-state index >= 15 is 0 Å². The number of benzene rings is 26. The third-order valence-electron chi connectivity index (χ3n) is 26.8. The van der Waals surface area contributed by atoms with Crippen LogP contribution >= 0.6 is 0 Å². The molecular weight excluding hydrogens is 1660 g/mol.